The highest BCUT2D eigenvalue weighted by atomic mass is 19.1. The second kappa shape index (κ2) is 3.59. The molecule has 0 saturated carbocycles. The highest BCUT2D eigenvalue weighted by Crippen LogP contribution is 2.25. The maximum Gasteiger partial charge on any atom is 0.258 e. The summed E-state index contributed by atoms with van der Waals surface area (Å²) in [7, 11) is 0. The molecule has 1 aliphatic rings. The minimum atomic E-state index is -0.757. The van der Waals surface area contributed by atoms with Gasteiger partial charge in [0.2, 0.25) is 0 Å². The van der Waals surface area contributed by atoms with Crippen molar-refractivity contribution in [1.82, 2.24) is 0 Å². The number of amides is 2. The summed E-state index contributed by atoms with van der Waals surface area (Å²) >= 11 is 0. The van der Waals surface area contributed by atoms with Crippen molar-refractivity contribution in [3.63, 3.8) is 0 Å². The summed E-state index contributed by atoms with van der Waals surface area (Å²) in [5.74, 6) is -1.91. The van der Waals surface area contributed by atoms with Crippen molar-refractivity contribution >= 4 is 17.5 Å². The van der Waals surface area contributed by atoms with Crippen LogP contribution in [0.25, 0.3) is 0 Å². The van der Waals surface area contributed by atoms with Crippen LogP contribution in [0.3, 0.4) is 0 Å². The molecule has 1 aliphatic heterocycles. The molecule has 0 unspecified atom stereocenters. The molecule has 0 bridgehead atoms. The average Bonchev–Trinajstić information content (AvgIpc) is 2.58. The second-order valence-electron chi connectivity index (χ2n) is 3.09. The van der Waals surface area contributed by atoms with E-state index in [2.05, 4.69) is 0 Å². The fraction of sp³-hybridized carbons (Fsp3) is 0. The molecule has 0 aromatic heterocycles. The van der Waals surface area contributed by atoms with Crippen molar-refractivity contribution in [2.24, 2.45) is 0 Å². The predicted octanol–water partition coefficient (Wildman–Crippen LogP) is 1.13. The van der Waals surface area contributed by atoms with Gasteiger partial charge in [-0.3, -0.25) is 9.59 Å². The van der Waals surface area contributed by atoms with Crippen LogP contribution in [0.1, 0.15) is 5.56 Å². The Kier molecular flexibility index (Phi) is 2.25. The molecule has 0 N–H and O–H groups in total. The van der Waals surface area contributed by atoms with Crippen molar-refractivity contribution in [3.05, 3.63) is 41.7 Å². The molecule has 2 rings (SSSR count). The van der Waals surface area contributed by atoms with E-state index >= 15 is 0 Å². The number of carbonyl (C=O) groups excluding carboxylic acids is 2. The van der Waals surface area contributed by atoms with Gasteiger partial charge in [0.1, 0.15) is 17.4 Å². The van der Waals surface area contributed by atoms with Crippen LogP contribution in [-0.4, -0.2) is 11.8 Å². The van der Waals surface area contributed by atoms with Crippen LogP contribution in [0.15, 0.2) is 30.4 Å². The zero-order valence-electron chi connectivity index (χ0n) is 7.98. The number of hydrogen-bond donors (Lipinski definition) is 0. The minimum Gasteiger partial charge on any atom is -0.269 e. The fourth-order valence-electron chi connectivity index (χ4n) is 1.45. The van der Waals surface area contributed by atoms with Crippen molar-refractivity contribution in [2.75, 3.05) is 4.90 Å². The summed E-state index contributed by atoms with van der Waals surface area (Å²) in [6.07, 6.45) is 2.16. The van der Waals surface area contributed by atoms with Crippen LogP contribution in [0.4, 0.5) is 10.1 Å². The number of carbonyl (C=O) groups is 2. The lowest BCUT2D eigenvalue weighted by Gasteiger charge is -2.15. The van der Waals surface area contributed by atoms with Crippen LogP contribution < -0.4 is 4.90 Å². The van der Waals surface area contributed by atoms with Gasteiger partial charge in [-0.1, -0.05) is 6.07 Å². The van der Waals surface area contributed by atoms with Gasteiger partial charge in [0, 0.05) is 12.2 Å². The Morgan fingerprint density at radius 3 is 2.38 bits per heavy atom. The van der Waals surface area contributed by atoms with Gasteiger partial charge in [0.25, 0.3) is 11.8 Å². The van der Waals surface area contributed by atoms with Crippen molar-refractivity contribution in [3.8, 4) is 6.07 Å². The number of nitriles is 1. The van der Waals surface area contributed by atoms with Gasteiger partial charge in [-0.15, -0.1) is 0 Å². The second-order valence-corrected chi connectivity index (χ2v) is 3.09. The molecule has 2 amide bonds. The number of hydrogen-bond acceptors (Lipinski definition) is 3. The van der Waals surface area contributed by atoms with Gasteiger partial charge in [-0.05, 0) is 12.1 Å². The largest absolute Gasteiger partial charge is 0.269 e. The van der Waals surface area contributed by atoms with Crippen molar-refractivity contribution in [1.29, 1.82) is 5.26 Å². The Morgan fingerprint density at radius 2 is 1.81 bits per heavy atom. The number of halogens is 1. The molecule has 0 radical (unpaired) electrons. The predicted molar refractivity (Wildman–Crippen MR) is 52.7 cm³/mol. The van der Waals surface area contributed by atoms with Gasteiger partial charge >= 0.3 is 0 Å². The Morgan fingerprint density at radius 1 is 1.19 bits per heavy atom. The molecule has 4 nitrogen and oxygen atoms in total. The lowest BCUT2D eigenvalue weighted by Crippen LogP contribution is -2.30. The molecule has 1 heterocycles. The van der Waals surface area contributed by atoms with Crippen molar-refractivity contribution < 1.29 is 14.0 Å². The maximum absolute atomic E-state index is 13.3. The highest BCUT2D eigenvalue weighted by Gasteiger charge is 2.28. The van der Waals surface area contributed by atoms with E-state index in [1.54, 1.807) is 6.07 Å². The molecule has 0 saturated heterocycles. The third-order valence-electron chi connectivity index (χ3n) is 2.15. The molecule has 5 heteroatoms. The zero-order valence-corrected chi connectivity index (χ0v) is 7.98. The topological polar surface area (TPSA) is 61.2 Å². The molecule has 0 atom stereocenters. The van der Waals surface area contributed by atoms with Gasteiger partial charge in [-0.25, -0.2) is 9.29 Å². The van der Waals surface area contributed by atoms with Crippen LogP contribution >= 0.6 is 0 Å². The van der Waals surface area contributed by atoms with Crippen LogP contribution in [0.2, 0.25) is 0 Å². The number of imide groups is 1. The zero-order chi connectivity index (χ0) is 11.7. The Bertz CT molecular complexity index is 540. The van der Waals surface area contributed by atoms with Gasteiger partial charge < -0.3 is 0 Å². The molecule has 16 heavy (non-hydrogen) atoms. The monoisotopic (exact) mass is 216 g/mol. The summed E-state index contributed by atoms with van der Waals surface area (Å²) in [6.45, 7) is 0. The lowest BCUT2D eigenvalue weighted by atomic mass is 10.1. The summed E-state index contributed by atoms with van der Waals surface area (Å²) < 4.78 is 13.3. The van der Waals surface area contributed by atoms with Gasteiger partial charge in [0.05, 0.1) is 5.69 Å². The standard InChI is InChI=1S/C11H5FN2O2/c12-8-2-1-3-9(7(8)6-13)14-10(15)4-5-11(14)16/h1-5H. The summed E-state index contributed by atoms with van der Waals surface area (Å²) in [4.78, 5) is 23.5. The van der Waals surface area contributed by atoms with Crippen LogP contribution in [0.5, 0.6) is 0 Å². The Hall–Kier alpha value is -2.48. The maximum atomic E-state index is 13.3. The van der Waals surface area contributed by atoms with E-state index in [-0.39, 0.29) is 11.3 Å². The van der Waals surface area contributed by atoms with E-state index in [9.17, 15) is 14.0 Å². The summed E-state index contributed by atoms with van der Waals surface area (Å²) in [6, 6.07) is 5.42. The van der Waals surface area contributed by atoms with E-state index in [0.29, 0.717) is 0 Å². The number of benzene rings is 1. The Balaban J connectivity index is 2.58. The SMILES string of the molecule is N#Cc1c(F)cccc1N1C(=O)C=CC1=O. The first kappa shape index (κ1) is 10.1. The molecule has 1 aromatic carbocycles. The molecular weight excluding hydrogens is 211 g/mol. The quantitative estimate of drug-likeness (QED) is 0.661. The van der Waals surface area contributed by atoms with Crippen molar-refractivity contribution in [2.45, 2.75) is 0 Å². The Labute approximate surface area is 90.2 Å². The van der Waals surface area contributed by atoms with E-state index in [4.69, 9.17) is 5.26 Å². The molecule has 0 aliphatic carbocycles. The lowest BCUT2D eigenvalue weighted by molar-refractivity contribution is -0.119. The smallest absolute Gasteiger partial charge is 0.258 e. The number of nitrogens with zero attached hydrogens (tertiary/aromatic N) is 2. The minimum absolute atomic E-state index is 0.0255. The van der Waals surface area contributed by atoms with E-state index < -0.39 is 17.6 Å². The summed E-state index contributed by atoms with van der Waals surface area (Å²) in [5.41, 5.74) is -0.338. The van der Waals surface area contributed by atoms with E-state index in [0.717, 1.165) is 23.1 Å². The first-order valence-electron chi connectivity index (χ1n) is 4.40. The van der Waals surface area contributed by atoms with Gasteiger partial charge in [0.15, 0.2) is 0 Å². The van der Waals surface area contributed by atoms with Crippen LogP contribution in [-0.2, 0) is 9.59 Å². The number of anilines is 1. The molecular formula is C11H5FN2O2. The van der Waals surface area contributed by atoms with Gasteiger partial charge in [-0.2, -0.15) is 5.26 Å². The molecule has 0 fully saturated rings. The normalized spacial score (nSPS) is 14.4. The first-order chi connectivity index (χ1) is 7.65. The molecule has 1 aromatic rings. The number of rotatable bonds is 1. The van der Waals surface area contributed by atoms with E-state index in [1.807, 2.05) is 0 Å². The van der Waals surface area contributed by atoms with Crippen LogP contribution in [0, 0.1) is 17.1 Å². The third-order valence-corrected chi connectivity index (χ3v) is 2.15. The molecule has 78 valence electrons. The fourth-order valence-corrected chi connectivity index (χ4v) is 1.45. The summed E-state index contributed by atoms with van der Waals surface area (Å²) in [5, 5.41) is 8.77. The third kappa shape index (κ3) is 1.37. The molecule has 0 spiro atoms. The average molecular weight is 216 g/mol. The first-order valence-corrected chi connectivity index (χ1v) is 4.40. The van der Waals surface area contributed by atoms with E-state index in [1.165, 1.54) is 12.1 Å². The highest BCUT2D eigenvalue weighted by molar-refractivity contribution is 6.28.